The van der Waals surface area contributed by atoms with Crippen LogP contribution in [0.25, 0.3) is 0 Å². The first kappa shape index (κ1) is 11.3. The van der Waals surface area contributed by atoms with Crippen LogP contribution in [0.2, 0.25) is 0 Å². The van der Waals surface area contributed by atoms with Crippen molar-refractivity contribution in [2.75, 3.05) is 7.05 Å². The Balaban J connectivity index is 2.50. The van der Waals surface area contributed by atoms with Gasteiger partial charge in [0.05, 0.1) is 0 Å². The van der Waals surface area contributed by atoms with Crippen molar-refractivity contribution in [1.29, 1.82) is 0 Å². The Bertz CT molecular complexity index is 272. The van der Waals surface area contributed by atoms with E-state index in [0.717, 1.165) is 6.42 Å². The molecule has 1 nitrogen and oxygen atoms in total. The largest absolute Gasteiger partial charge is 0.315 e. The molecular formula is C13H21N. The van der Waals surface area contributed by atoms with Crippen molar-refractivity contribution in [2.24, 2.45) is 0 Å². The van der Waals surface area contributed by atoms with Gasteiger partial charge in [-0.15, -0.1) is 0 Å². The molecule has 1 rings (SSSR count). The highest BCUT2D eigenvalue weighted by molar-refractivity contribution is 5.21. The minimum absolute atomic E-state index is 0.241. The molecule has 0 fully saturated rings. The Morgan fingerprint density at radius 2 is 1.71 bits per heavy atom. The van der Waals surface area contributed by atoms with E-state index < -0.39 is 0 Å². The molecule has 0 aromatic heterocycles. The molecule has 0 atom stereocenters. The maximum Gasteiger partial charge on any atom is 0.0125 e. The van der Waals surface area contributed by atoms with E-state index in [0.29, 0.717) is 0 Å². The van der Waals surface area contributed by atoms with E-state index in [-0.39, 0.29) is 5.54 Å². The average Bonchev–Trinajstić information content (AvgIpc) is 2.17. The fourth-order valence-electron chi connectivity index (χ4n) is 1.34. The molecule has 78 valence electrons. The lowest BCUT2D eigenvalue weighted by atomic mass is 9.95. The second-order valence-electron chi connectivity index (χ2n) is 4.62. The molecule has 0 amide bonds. The van der Waals surface area contributed by atoms with Gasteiger partial charge in [-0.1, -0.05) is 29.8 Å². The van der Waals surface area contributed by atoms with Gasteiger partial charge in [-0.25, -0.2) is 0 Å². The molecule has 0 aliphatic carbocycles. The molecule has 1 N–H and O–H groups in total. The third-order valence-corrected chi connectivity index (χ3v) is 2.84. The summed E-state index contributed by atoms with van der Waals surface area (Å²) in [5.74, 6) is 0. The topological polar surface area (TPSA) is 12.0 Å². The molecule has 0 heterocycles. The molecular weight excluding hydrogens is 170 g/mol. The molecule has 1 heteroatoms. The van der Waals surface area contributed by atoms with Gasteiger partial charge in [-0.05, 0) is 46.2 Å². The zero-order valence-electron chi connectivity index (χ0n) is 9.72. The maximum atomic E-state index is 3.32. The second-order valence-corrected chi connectivity index (χ2v) is 4.62. The van der Waals surface area contributed by atoms with Crippen molar-refractivity contribution < 1.29 is 0 Å². The average molecular weight is 191 g/mol. The summed E-state index contributed by atoms with van der Waals surface area (Å²) in [6.07, 6.45) is 2.32. The third kappa shape index (κ3) is 3.51. The number of rotatable bonds is 4. The normalized spacial score (nSPS) is 11.7. The molecule has 0 saturated heterocycles. The summed E-state index contributed by atoms with van der Waals surface area (Å²) in [4.78, 5) is 0. The van der Waals surface area contributed by atoms with E-state index in [1.54, 1.807) is 0 Å². The fourth-order valence-corrected chi connectivity index (χ4v) is 1.34. The minimum atomic E-state index is 0.241. The minimum Gasteiger partial charge on any atom is -0.315 e. The fraction of sp³-hybridized carbons (Fsp3) is 0.538. The van der Waals surface area contributed by atoms with Crippen molar-refractivity contribution in [3.8, 4) is 0 Å². The SMILES string of the molecule is CNC(C)(C)CCc1ccc(C)cc1. The standard InChI is InChI=1S/C13H21N/c1-11-5-7-12(8-6-11)9-10-13(2,3)14-4/h5-8,14H,9-10H2,1-4H3. The Morgan fingerprint density at radius 1 is 1.14 bits per heavy atom. The number of hydrogen-bond acceptors (Lipinski definition) is 1. The number of aryl methyl sites for hydroxylation is 2. The summed E-state index contributed by atoms with van der Waals surface area (Å²) in [5, 5.41) is 3.32. The van der Waals surface area contributed by atoms with Crippen molar-refractivity contribution in [1.82, 2.24) is 5.32 Å². The van der Waals surface area contributed by atoms with Crippen LogP contribution in [-0.4, -0.2) is 12.6 Å². The van der Waals surface area contributed by atoms with Crippen molar-refractivity contribution in [2.45, 2.75) is 39.2 Å². The van der Waals surface area contributed by atoms with Gasteiger partial charge in [0.25, 0.3) is 0 Å². The predicted molar refractivity (Wildman–Crippen MR) is 62.6 cm³/mol. The second kappa shape index (κ2) is 4.61. The third-order valence-electron chi connectivity index (χ3n) is 2.84. The van der Waals surface area contributed by atoms with E-state index in [2.05, 4.69) is 50.4 Å². The van der Waals surface area contributed by atoms with Gasteiger partial charge in [-0.3, -0.25) is 0 Å². The van der Waals surface area contributed by atoms with Crippen molar-refractivity contribution >= 4 is 0 Å². The molecule has 0 saturated carbocycles. The van der Waals surface area contributed by atoms with Crippen LogP contribution >= 0.6 is 0 Å². The summed E-state index contributed by atoms with van der Waals surface area (Å²) in [5.41, 5.74) is 3.01. The molecule has 0 radical (unpaired) electrons. The lowest BCUT2D eigenvalue weighted by Crippen LogP contribution is -2.36. The first-order chi connectivity index (χ1) is 6.53. The van der Waals surface area contributed by atoms with Crippen molar-refractivity contribution in [3.05, 3.63) is 35.4 Å². The van der Waals surface area contributed by atoms with Gasteiger partial charge in [0.15, 0.2) is 0 Å². The van der Waals surface area contributed by atoms with Gasteiger partial charge < -0.3 is 5.32 Å². The Kier molecular flexibility index (Phi) is 3.70. The van der Waals surface area contributed by atoms with Gasteiger partial charge in [0, 0.05) is 5.54 Å². The maximum absolute atomic E-state index is 3.32. The quantitative estimate of drug-likeness (QED) is 0.771. The zero-order valence-corrected chi connectivity index (χ0v) is 9.72. The van der Waals surface area contributed by atoms with Crippen LogP contribution in [0.1, 0.15) is 31.4 Å². The van der Waals surface area contributed by atoms with Gasteiger partial charge >= 0.3 is 0 Å². The molecule has 1 aromatic carbocycles. The smallest absolute Gasteiger partial charge is 0.0125 e. The molecule has 1 aromatic rings. The summed E-state index contributed by atoms with van der Waals surface area (Å²) in [6.45, 7) is 6.60. The molecule has 0 aliphatic heterocycles. The first-order valence-electron chi connectivity index (χ1n) is 5.28. The number of hydrogen-bond donors (Lipinski definition) is 1. The van der Waals surface area contributed by atoms with E-state index in [9.17, 15) is 0 Å². The van der Waals surface area contributed by atoms with Crippen LogP contribution in [0, 0.1) is 6.92 Å². The van der Waals surface area contributed by atoms with Crippen molar-refractivity contribution in [3.63, 3.8) is 0 Å². The summed E-state index contributed by atoms with van der Waals surface area (Å²) in [7, 11) is 2.02. The summed E-state index contributed by atoms with van der Waals surface area (Å²) < 4.78 is 0. The highest BCUT2D eigenvalue weighted by atomic mass is 14.9. The van der Waals surface area contributed by atoms with Gasteiger partial charge in [-0.2, -0.15) is 0 Å². The molecule has 0 unspecified atom stereocenters. The van der Waals surface area contributed by atoms with Gasteiger partial charge in [0.2, 0.25) is 0 Å². The molecule has 0 aliphatic rings. The van der Waals surface area contributed by atoms with E-state index in [4.69, 9.17) is 0 Å². The lowest BCUT2D eigenvalue weighted by Gasteiger charge is -2.23. The summed E-state index contributed by atoms with van der Waals surface area (Å²) >= 11 is 0. The van der Waals surface area contributed by atoms with Crippen LogP contribution in [0.15, 0.2) is 24.3 Å². The molecule has 0 spiro atoms. The van der Waals surface area contributed by atoms with E-state index in [1.165, 1.54) is 17.5 Å². The van der Waals surface area contributed by atoms with Crippen LogP contribution in [-0.2, 0) is 6.42 Å². The van der Waals surface area contributed by atoms with E-state index in [1.807, 2.05) is 7.05 Å². The van der Waals surface area contributed by atoms with Crippen LogP contribution in [0.3, 0.4) is 0 Å². The number of benzene rings is 1. The van der Waals surface area contributed by atoms with Crippen LogP contribution in [0.4, 0.5) is 0 Å². The van der Waals surface area contributed by atoms with Crippen LogP contribution < -0.4 is 5.32 Å². The monoisotopic (exact) mass is 191 g/mol. The first-order valence-corrected chi connectivity index (χ1v) is 5.28. The summed E-state index contributed by atoms with van der Waals surface area (Å²) in [6, 6.07) is 8.81. The Morgan fingerprint density at radius 3 is 2.21 bits per heavy atom. The molecule has 14 heavy (non-hydrogen) atoms. The lowest BCUT2D eigenvalue weighted by molar-refractivity contribution is 0.393. The highest BCUT2D eigenvalue weighted by Crippen LogP contribution is 2.13. The predicted octanol–water partition coefficient (Wildman–Crippen LogP) is 2.93. The zero-order chi connectivity index (χ0) is 10.6. The molecule has 0 bridgehead atoms. The van der Waals surface area contributed by atoms with E-state index >= 15 is 0 Å². The number of nitrogens with one attached hydrogen (secondary N) is 1. The Hall–Kier alpha value is -0.820. The highest BCUT2D eigenvalue weighted by Gasteiger charge is 2.13. The van der Waals surface area contributed by atoms with Crippen LogP contribution in [0.5, 0.6) is 0 Å². The Labute approximate surface area is 87.5 Å². The van der Waals surface area contributed by atoms with Gasteiger partial charge in [0.1, 0.15) is 0 Å².